The Bertz CT molecular complexity index is 458. The smallest absolute Gasteiger partial charge is 0.334 e. The van der Waals surface area contributed by atoms with Crippen LogP contribution >= 0.6 is 11.6 Å². The Hall–Kier alpha value is -1.50. The third-order valence-electron chi connectivity index (χ3n) is 3.08. The van der Waals surface area contributed by atoms with Gasteiger partial charge in [0.15, 0.2) is 0 Å². The number of allylic oxidation sites excluding steroid dienone is 2. The summed E-state index contributed by atoms with van der Waals surface area (Å²) in [5, 5.41) is 3.22. The van der Waals surface area contributed by atoms with Gasteiger partial charge in [0.05, 0.1) is 6.61 Å². The van der Waals surface area contributed by atoms with E-state index in [1.54, 1.807) is 0 Å². The summed E-state index contributed by atoms with van der Waals surface area (Å²) >= 11 is 5.62. The van der Waals surface area contributed by atoms with Crippen LogP contribution < -0.4 is 5.32 Å². The first-order valence-electron chi connectivity index (χ1n) is 8.62. The average Bonchev–Trinajstić information content (AvgIpc) is 2.58. The van der Waals surface area contributed by atoms with Gasteiger partial charge in [-0.25, -0.2) is 4.79 Å². The highest BCUT2D eigenvalue weighted by Gasteiger charge is 2.08. The molecule has 0 aliphatic rings. The van der Waals surface area contributed by atoms with Crippen molar-refractivity contribution in [3.05, 3.63) is 36.5 Å². The van der Waals surface area contributed by atoms with E-state index in [-0.39, 0.29) is 5.97 Å². The van der Waals surface area contributed by atoms with Crippen LogP contribution in [0.1, 0.15) is 45.4 Å². The van der Waals surface area contributed by atoms with Crippen LogP contribution in [-0.4, -0.2) is 31.5 Å². The lowest BCUT2D eigenvalue weighted by molar-refractivity contribution is -0.138. The van der Waals surface area contributed by atoms with Crippen LogP contribution in [0.2, 0.25) is 0 Å². The van der Waals surface area contributed by atoms with Gasteiger partial charge >= 0.3 is 5.97 Å². The molecule has 3 nitrogen and oxygen atoms in total. The Morgan fingerprint density at radius 2 is 2.08 bits per heavy atom. The molecule has 0 saturated heterocycles. The van der Waals surface area contributed by atoms with E-state index >= 15 is 0 Å². The quantitative estimate of drug-likeness (QED) is 0.102. The minimum absolute atomic E-state index is 0.254. The maximum atomic E-state index is 11.9. The first-order valence-corrected chi connectivity index (χ1v) is 9.15. The highest BCUT2D eigenvalue weighted by atomic mass is 35.5. The van der Waals surface area contributed by atoms with Gasteiger partial charge < -0.3 is 10.1 Å². The number of halogens is 1. The maximum absolute atomic E-state index is 11.9. The first kappa shape index (κ1) is 22.5. The molecule has 0 amide bonds. The normalized spacial score (nSPS) is 11.2. The molecule has 0 aromatic carbocycles. The molecule has 0 radical (unpaired) electrons. The molecule has 0 heterocycles. The fourth-order valence-corrected chi connectivity index (χ4v) is 2.02. The number of rotatable bonds is 13. The lowest BCUT2D eigenvalue weighted by Crippen LogP contribution is -2.13. The number of carbonyl (C=O) groups excluding carboxylic acids is 1. The Morgan fingerprint density at radius 3 is 2.79 bits per heavy atom. The number of carbonyl (C=O) groups is 1. The lowest BCUT2D eigenvalue weighted by Gasteiger charge is -2.04. The van der Waals surface area contributed by atoms with Gasteiger partial charge in [-0.2, -0.15) is 0 Å². The van der Waals surface area contributed by atoms with Gasteiger partial charge in [0.2, 0.25) is 0 Å². The van der Waals surface area contributed by atoms with Crippen LogP contribution in [0.3, 0.4) is 0 Å². The van der Waals surface area contributed by atoms with E-state index in [2.05, 4.69) is 23.7 Å². The van der Waals surface area contributed by atoms with Crippen LogP contribution in [-0.2, 0) is 9.53 Å². The minimum Gasteiger partial charge on any atom is -0.463 e. The molecule has 1 N–H and O–H groups in total. The van der Waals surface area contributed by atoms with E-state index in [1.807, 2.05) is 31.2 Å². The Kier molecular flexibility index (Phi) is 16.7. The molecule has 0 spiro atoms. The fourth-order valence-electron chi connectivity index (χ4n) is 1.83. The van der Waals surface area contributed by atoms with Gasteiger partial charge in [-0.1, -0.05) is 24.3 Å². The van der Waals surface area contributed by atoms with Crippen molar-refractivity contribution in [3.8, 4) is 11.8 Å². The number of ether oxygens (including phenoxy) is 1. The van der Waals surface area contributed by atoms with Crippen LogP contribution in [0.4, 0.5) is 0 Å². The zero-order valence-electron chi connectivity index (χ0n) is 14.8. The van der Waals surface area contributed by atoms with E-state index in [9.17, 15) is 4.79 Å². The molecular formula is C20H30ClNO2. The number of esters is 1. The monoisotopic (exact) mass is 351 g/mol. The Morgan fingerprint density at radius 1 is 1.29 bits per heavy atom. The van der Waals surface area contributed by atoms with Crippen LogP contribution in [0.25, 0.3) is 0 Å². The number of nitrogens with one attached hydrogen (secondary N) is 1. The summed E-state index contributed by atoms with van der Waals surface area (Å²) in [7, 11) is 0. The zero-order valence-corrected chi connectivity index (χ0v) is 15.5. The van der Waals surface area contributed by atoms with Crippen molar-refractivity contribution < 1.29 is 9.53 Å². The molecule has 0 unspecified atom stereocenters. The molecule has 0 aromatic heterocycles. The van der Waals surface area contributed by atoms with Crippen molar-refractivity contribution in [2.45, 2.75) is 45.4 Å². The molecule has 0 atom stereocenters. The molecular weight excluding hydrogens is 322 g/mol. The zero-order chi connectivity index (χ0) is 17.9. The summed E-state index contributed by atoms with van der Waals surface area (Å²) in [4.78, 5) is 11.9. The summed E-state index contributed by atoms with van der Waals surface area (Å²) in [6, 6.07) is 0. The summed E-state index contributed by atoms with van der Waals surface area (Å²) in [5.41, 5.74) is 0.669. The van der Waals surface area contributed by atoms with Gasteiger partial charge in [-0.05, 0) is 39.2 Å². The minimum atomic E-state index is -0.254. The third kappa shape index (κ3) is 14.1. The second-order valence-corrected chi connectivity index (χ2v) is 5.50. The number of unbranched alkanes of at least 4 members (excludes halogenated alkanes) is 2. The predicted molar refractivity (Wildman–Crippen MR) is 103 cm³/mol. The van der Waals surface area contributed by atoms with Crippen LogP contribution in [0, 0.1) is 11.8 Å². The van der Waals surface area contributed by atoms with Crippen LogP contribution in [0.15, 0.2) is 36.5 Å². The predicted octanol–water partition coefficient (Wildman–Crippen LogP) is 4.39. The highest BCUT2D eigenvalue weighted by molar-refractivity contribution is 6.17. The average molecular weight is 352 g/mol. The Labute approximate surface area is 152 Å². The maximum Gasteiger partial charge on any atom is 0.334 e. The van der Waals surface area contributed by atoms with E-state index in [4.69, 9.17) is 16.3 Å². The number of hydrogen-bond donors (Lipinski definition) is 1. The van der Waals surface area contributed by atoms with Gasteiger partial charge in [0.1, 0.15) is 0 Å². The van der Waals surface area contributed by atoms with Gasteiger partial charge in [-0.3, -0.25) is 0 Å². The molecule has 0 rings (SSSR count). The topological polar surface area (TPSA) is 38.3 Å². The Balaban J connectivity index is 4.31. The molecule has 0 aliphatic carbocycles. The summed E-state index contributed by atoms with van der Waals surface area (Å²) < 4.78 is 5.10. The van der Waals surface area contributed by atoms with Gasteiger partial charge in [0, 0.05) is 30.8 Å². The van der Waals surface area contributed by atoms with Crippen LogP contribution in [0.5, 0.6) is 0 Å². The summed E-state index contributed by atoms with van der Waals surface area (Å²) in [6.07, 6.45) is 12.7. The largest absolute Gasteiger partial charge is 0.463 e. The molecule has 134 valence electrons. The van der Waals surface area contributed by atoms with E-state index in [1.165, 1.54) is 0 Å². The van der Waals surface area contributed by atoms with Crippen molar-refractivity contribution in [2.75, 3.05) is 25.6 Å². The summed E-state index contributed by atoms with van der Waals surface area (Å²) in [6.45, 7) is 7.54. The van der Waals surface area contributed by atoms with Crippen molar-refractivity contribution >= 4 is 17.6 Å². The van der Waals surface area contributed by atoms with Crippen molar-refractivity contribution in [2.24, 2.45) is 0 Å². The van der Waals surface area contributed by atoms with E-state index in [0.717, 1.165) is 38.8 Å². The molecule has 0 fully saturated rings. The second-order valence-electron chi connectivity index (χ2n) is 5.12. The molecule has 0 aliphatic heterocycles. The standard InChI is InChI=1S/C20H30ClNO2/c1-3-17-22-18-13-9-11-15-19(20(23)24-4-2)14-10-7-5-6-8-12-16-21/h3,9,11,15,22H,1,4,6,8,10,12-14,16-18H2,2H3/b11-9+,19-15+. The van der Waals surface area contributed by atoms with Gasteiger partial charge in [0.25, 0.3) is 0 Å². The van der Waals surface area contributed by atoms with Gasteiger partial charge in [-0.15, -0.1) is 30.0 Å². The fraction of sp³-hybridized carbons (Fsp3) is 0.550. The van der Waals surface area contributed by atoms with Crippen molar-refractivity contribution in [1.29, 1.82) is 0 Å². The number of hydrogen-bond acceptors (Lipinski definition) is 3. The molecule has 0 aromatic rings. The molecule has 0 saturated carbocycles. The molecule has 4 heteroatoms. The first-order chi connectivity index (χ1) is 11.8. The third-order valence-corrected chi connectivity index (χ3v) is 3.34. The SMILES string of the molecule is C=CCNCC/C=C/C=C(\CCC#CCCCCCl)C(=O)OCC. The highest BCUT2D eigenvalue weighted by Crippen LogP contribution is 2.08. The lowest BCUT2D eigenvalue weighted by atomic mass is 10.1. The van der Waals surface area contributed by atoms with E-state index in [0.29, 0.717) is 30.9 Å². The number of alkyl halides is 1. The van der Waals surface area contributed by atoms with Crippen molar-refractivity contribution in [3.63, 3.8) is 0 Å². The second kappa shape index (κ2) is 17.8. The molecule has 24 heavy (non-hydrogen) atoms. The molecule has 0 bridgehead atoms. The van der Waals surface area contributed by atoms with Crippen molar-refractivity contribution in [1.82, 2.24) is 5.32 Å². The summed E-state index contributed by atoms with van der Waals surface area (Å²) in [5.74, 6) is 6.66. The van der Waals surface area contributed by atoms with E-state index < -0.39 is 0 Å².